The van der Waals surface area contributed by atoms with E-state index in [4.69, 9.17) is 0 Å². The molecule has 0 saturated carbocycles. The molecule has 0 unspecified atom stereocenters. The molecular weight excluding hydrogens is 263 g/mol. The van der Waals surface area contributed by atoms with Crippen molar-refractivity contribution >= 4 is 21.9 Å². The summed E-state index contributed by atoms with van der Waals surface area (Å²) in [6, 6.07) is 4.44. The van der Waals surface area contributed by atoms with E-state index < -0.39 is 11.8 Å². The number of esters is 1. The normalized spacial score (nSPS) is 9.00. The Kier molecular flexibility index (Phi) is 4.32. The average molecular weight is 271 g/mol. The summed E-state index contributed by atoms with van der Waals surface area (Å²) in [4.78, 5) is 11.1. The summed E-state index contributed by atoms with van der Waals surface area (Å²) in [5.74, 6) is 3.93. The molecule has 0 aliphatic heterocycles. The van der Waals surface area contributed by atoms with Gasteiger partial charge in [0.05, 0.1) is 23.6 Å². The number of hydrogen-bond acceptors (Lipinski definition) is 2. The number of benzene rings is 1. The molecule has 0 aromatic heterocycles. The molecule has 1 rings (SSSR count). The van der Waals surface area contributed by atoms with Crippen LogP contribution in [-0.2, 0) is 4.74 Å². The van der Waals surface area contributed by atoms with Crippen LogP contribution in [0.2, 0.25) is 0 Å². The third-order valence-electron chi connectivity index (χ3n) is 1.69. The Bertz CT molecular complexity index is 432. The van der Waals surface area contributed by atoms with Gasteiger partial charge in [-0.1, -0.05) is 33.8 Å². The van der Waals surface area contributed by atoms with E-state index in [9.17, 15) is 9.18 Å². The van der Waals surface area contributed by atoms with Gasteiger partial charge in [-0.15, -0.1) is 0 Å². The largest absolute Gasteiger partial charge is 0.465 e. The fourth-order valence-electron chi connectivity index (χ4n) is 1.02. The average Bonchev–Trinajstić information content (AvgIpc) is 2.27. The highest BCUT2D eigenvalue weighted by molar-refractivity contribution is 9.09. The van der Waals surface area contributed by atoms with Gasteiger partial charge >= 0.3 is 5.97 Å². The molecule has 0 aliphatic carbocycles. The number of hydrogen-bond donors (Lipinski definition) is 0. The minimum absolute atomic E-state index is 0.0983. The van der Waals surface area contributed by atoms with Crippen LogP contribution in [0.5, 0.6) is 0 Å². The van der Waals surface area contributed by atoms with Gasteiger partial charge in [-0.25, -0.2) is 9.18 Å². The van der Waals surface area contributed by atoms with Crippen molar-refractivity contribution in [1.29, 1.82) is 0 Å². The Hall–Kier alpha value is -1.34. The lowest BCUT2D eigenvalue weighted by Gasteiger charge is -2.01. The number of carbonyl (C=O) groups is 1. The van der Waals surface area contributed by atoms with Crippen LogP contribution in [0.25, 0.3) is 0 Å². The van der Waals surface area contributed by atoms with Crippen molar-refractivity contribution in [2.75, 3.05) is 12.4 Å². The minimum atomic E-state index is -0.699. The fourth-order valence-corrected chi connectivity index (χ4v) is 1.16. The molecule has 15 heavy (non-hydrogen) atoms. The number of alkyl halides is 1. The summed E-state index contributed by atoms with van der Waals surface area (Å²) in [5.41, 5.74) is 0.0937. The topological polar surface area (TPSA) is 26.3 Å². The molecule has 1 aromatic rings. The van der Waals surface area contributed by atoms with Gasteiger partial charge in [-0.2, -0.15) is 0 Å². The van der Waals surface area contributed by atoms with Crippen LogP contribution in [0, 0.1) is 17.7 Å². The number of ether oxygens (including phenoxy) is 1. The van der Waals surface area contributed by atoms with Crippen LogP contribution >= 0.6 is 15.9 Å². The van der Waals surface area contributed by atoms with Crippen molar-refractivity contribution in [3.05, 3.63) is 35.1 Å². The Morgan fingerprint density at radius 1 is 1.60 bits per heavy atom. The van der Waals surface area contributed by atoms with Crippen molar-refractivity contribution in [1.82, 2.24) is 0 Å². The molecule has 0 atom stereocenters. The summed E-state index contributed by atoms with van der Waals surface area (Å²) in [5, 5.41) is 0.453. The highest BCUT2D eigenvalue weighted by Crippen LogP contribution is 2.12. The lowest BCUT2D eigenvalue weighted by molar-refractivity contribution is 0.0595. The first-order chi connectivity index (χ1) is 7.20. The molecule has 78 valence electrons. The Balaban J connectivity index is 3.17. The van der Waals surface area contributed by atoms with Crippen molar-refractivity contribution in [3.63, 3.8) is 0 Å². The molecule has 0 amide bonds. The molecule has 2 nitrogen and oxygen atoms in total. The zero-order chi connectivity index (χ0) is 11.3. The molecule has 0 bridgehead atoms. The van der Waals surface area contributed by atoms with Crippen molar-refractivity contribution in [2.24, 2.45) is 0 Å². The second-order valence-electron chi connectivity index (χ2n) is 2.59. The van der Waals surface area contributed by atoms with Gasteiger partial charge < -0.3 is 4.74 Å². The van der Waals surface area contributed by atoms with Gasteiger partial charge in [0.15, 0.2) is 5.82 Å². The van der Waals surface area contributed by atoms with Gasteiger partial charge in [-0.3, -0.25) is 0 Å². The zero-order valence-electron chi connectivity index (χ0n) is 8.01. The molecule has 1 aromatic carbocycles. The third-order valence-corrected chi connectivity index (χ3v) is 1.97. The van der Waals surface area contributed by atoms with Gasteiger partial charge in [0.2, 0.25) is 0 Å². The van der Waals surface area contributed by atoms with E-state index in [1.807, 2.05) is 0 Å². The third kappa shape index (κ3) is 2.80. The number of rotatable bonds is 1. The van der Waals surface area contributed by atoms with E-state index in [1.54, 1.807) is 6.07 Å². The maximum atomic E-state index is 13.6. The first-order valence-electron chi connectivity index (χ1n) is 4.12. The maximum absolute atomic E-state index is 13.6. The first kappa shape index (κ1) is 11.7. The lowest BCUT2D eigenvalue weighted by Crippen LogP contribution is -2.05. The molecule has 0 radical (unpaired) electrons. The lowest BCUT2D eigenvalue weighted by atomic mass is 10.1. The SMILES string of the molecule is COC(=O)c1cccc(C#CCBr)c1F. The van der Waals surface area contributed by atoms with Crippen LogP contribution in [0.1, 0.15) is 15.9 Å². The van der Waals surface area contributed by atoms with Gasteiger partial charge in [0.1, 0.15) is 0 Å². The molecule has 0 heterocycles. The van der Waals surface area contributed by atoms with Crippen molar-refractivity contribution in [3.8, 4) is 11.8 Å². The zero-order valence-corrected chi connectivity index (χ0v) is 9.60. The predicted molar refractivity (Wildman–Crippen MR) is 58.4 cm³/mol. The first-order valence-corrected chi connectivity index (χ1v) is 5.24. The Labute approximate surface area is 95.6 Å². The minimum Gasteiger partial charge on any atom is -0.465 e. The number of carbonyl (C=O) groups excluding carboxylic acids is 1. The van der Waals surface area contributed by atoms with Crippen LogP contribution in [-0.4, -0.2) is 18.4 Å². The number of halogens is 2. The molecule has 0 N–H and O–H groups in total. The van der Waals surface area contributed by atoms with E-state index in [-0.39, 0.29) is 11.1 Å². The van der Waals surface area contributed by atoms with Gasteiger partial charge in [0.25, 0.3) is 0 Å². The van der Waals surface area contributed by atoms with E-state index >= 15 is 0 Å². The molecule has 0 saturated heterocycles. The summed E-state index contributed by atoms with van der Waals surface area (Å²) >= 11 is 3.10. The Morgan fingerprint density at radius 3 is 2.93 bits per heavy atom. The molecular formula is C11H8BrFO2. The molecule has 0 aliphatic rings. The second-order valence-corrected chi connectivity index (χ2v) is 3.15. The van der Waals surface area contributed by atoms with E-state index in [0.717, 1.165) is 0 Å². The van der Waals surface area contributed by atoms with Crippen LogP contribution < -0.4 is 0 Å². The smallest absolute Gasteiger partial charge is 0.340 e. The molecule has 0 spiro atoms. The van der Waals surface area contributed by atoms with Gasteiger partial charge in [0, 0.05) is 0 Å². The highest BCUT2D eigenvalue weighted by Gasteiger charge is 2.13. The predicted octanol–water partition coefficient (Wildman–Crippen LogP) is 2.36. The molecule has 4 heteroatoms. The fraction of sp³-hybridized carbons (Fsp3) is 0.182. The van der Waals surface area contributed by atoms with Crippen molar-refractivity contribution in [2.45, 2.75) is 0 Å². The second kappa shape index (κ2) is 5.52. The van der Waals surface area contributed by atoms with E-state index in [2.05, 4.69) is 32.5 Å². The molecule has 0 fully saturated rings. The quantitative estimate of drug-likeness (QED) is 0.445. The van der Waals surface area contributed by atoms with Gasteiger partial charge in [-0.05, 0) is 12.1 Å². The monoisotopic (exact) mass is 270 g/mol. The van der Waals surface area contributed by atoms with Crippen molar-refractivity contribution < 1.29 is 13.9 Å². The maximum Gasteiger partial charge on any atom is 0.340 e. The van der Waals surface area contributed by atoms with E-state index in [0.29, 0.717) is 5.33 Å². The Morgan fingerprint density at radius 2 is 2.33 bits per heavy atom. The van der Waals surface area contributed by atoms with Crippen LogP contribution in [0.4, 0.5) is 4.39 Å². The summed E-state index contributed by atoms with van der Waals surface area (Å²) in [6.07, 6.45) is 0. The number of methoxy groups -OCH3 is 1. The van der Waals surface area contributed by atoms with E-state index in [1.165, 1.54) is 19.2 Å². The summed E-state index contributed by atoms with van der Waals surface area (Å²) < 4.78 is 18.1. The van der Waals surface area contributed by atoms with Crippen LogP contribution in [0.15, 0.2) is 18.2 Å². The summed E-state index contributed by atoms with van der Waals surface area (Å²) in [7, 11) is 1.21. The highest BCUT2D eigenvalue weighted by atomic mass is 79.9. The summed E-state index contributed by atoms with van der Waals surface area (Å²) in [6.45, 7) is 0. The standard InChI is InChI=1S/C11H8BrFO2/c1-15-11(14)9-6-2-4-8(10(9)13)5-3-7-12/h2,4,6H,7H2,1H3. The van der Waals surface area contributed by atoms with Crippen LogP contribution in [0.3, 0.4) is 0 Å².